The Labute approximate surface area is 126 Å². The molecule has 3 aromatic rings. The summed E-state index contributed by atoms with van der Waals surface area (Å²) in [5.74, 6) is 0.381. The zero-order valence-corrected chi connectivity index (χ0v) is 12.0. The summed E-state index contributed by atoms with van der Waals surface area (Å²) in [6.07, 6.45) is 2.71. The number of phenolic OH excluding ortho intramolecular Hbond substituents is 1. The number of nitrogens with one attached hydrogen (secondary N) is 3. The van der Waals surface area contributed by atoms with Crippen LogP contribution in [0.4, 0.5) is 5.95 Å². The van der Waals surface area contributed by atoms with E-state index >= 15 is 0 Å². The minimum atomic E-state index is -0.311. The van der Waals surface area contributed by atoms with Gasteiger partial charge in [0.15, 0.2) is 11.2 Å². The van der Waals surface area contributed by atoms with Crippen LogP contribution in [0.1, 0.15) is 5.56 Å². The Hall–Kier alpha value is -2.68. The lowest BCUT2D eigenvalue weighted by molar-refractivity contribution is 0.474. The van der Waals surface area contributed by atoms with Crippen molar-refractivity contribution in [2.24, 2.45) is 5.10 Å². The summed E-state index contributed by atoms with van der Waals surface area (Å²) < 4.78 is 0.821. The summed E-state index contributed by atoms with van der Waals surface area (Å²) >= 11 is 3.31. The van der Waals surface area contributed by atoms with Crippen molar-refractivity contribution in [3.8, 4) is 5.75 Å². The molecule has 0 unspecified atom stereocenters. The quantitative estimate of drug-likeness (QED) is 0.423. The molecular weight excluding hydrogens is 340 g/mol. The molecule has 2 heterocycles. The summed E-state index contributed by atoms with van der Waals surface area (Å²) in [6, 6.07) is 4.98. The van der Waals surface area contributed by atoms with E-state index in [9.17, 15) is 9.90 Å². The smallest absolute Gasteiger partial charge is 0.276 e. The maximum atomic E-state index is 11.5. The van der Waals surface area contributed by atoms with E-state index < -0.39 is 0 Å². The van der Waals surface area contributed by atoms with Gasteiger partial charge in [0.25, 0.3) is 5.56 Å². The van der Waals surface area contributed by atoms with E-state index in [1.54, 1.807) is 18.2 Å². The highest BCUT2D eigenvalue weighted by Crippen LogP contribution is 2.20. The Morgan fingerprint density at radius 1 is 1.43 bits per heavy atom. The summed E-state index contributed by atoms with van der Waals surface area (Å²) in [6.45, 7) is 0. The van der Waals surface area contributed by atoms with Gasteiger partial charge in [-0.1, -0.05) is 15.9 Å². The van der Waals surface area contributed by atoms with Gasteiger partial charge in [-0.15, -0.1) is 0 Å². The first kappa shape index (κ1) is 13.3. The summed E-state index contributed by atoms with van der Waals surface area (Å²) in [5.41, 5.74) is 3.42. The molecule has 4 N–H and O–H groups in total. The standard InChI is InChI=1S/C12H9BrN6O2/c13-7-1-2-8(20)6(3-7)4-16-19-12-17-9-10(18-12)14-5-15-11(9)21/h1-5,20H,(H3,14,15,17,18,19,21)/b16-4-. The van der Waals surface area contributed by atoms with Crippen LogP contribution >= 0.6 is 15.9 Å². The lowest BCUT2D eigenvalue weighted by Gasteiger charge is -1.99. The molecule has 0 fully saturated rings. The van der Waals surface area contributed by atoms with Gasteiger partial charge in [0, 0.05) is 10.0 Å². The molecule has 3 rings (SSSR count). The van der Waals surface area contributed by atoms with Crippen LogP contribution < -0.4 is 11.0 Å². The third-order valence-electron chi connectivity index (χ3n) is 2.66. The highest BCUT2D eigenvalue weighted by Gasteiger charge is 2.05. The number of H-pyrrole nitrogens is 2. The van der Waals surface area contributed by atoms with Gasteiger partial charge < -0.3 is 15.1 Å². The summed E-state index contributed by atoms with van der Waals surface area (Å²) in [7, 11) is 0. The first-order valence-corrected chi connectivity index (χ1v) is 6.64. The number of hydrogen-bond donors (Lipinski definition) is 4. The number of nitrogens with zero attached hydrogens (tertiary/aromatic N) is 3. The lowest BCUT2D eigenvalue weighted by atomic mass is 10.2. The SMILES string of the molecule is O=c1[nH]cnc2nc(N/N=C\c3cc(Br)ccc3O)[nH]c12. The fraction of sp³-hybridized carbons (Fsp3) is 0. The average Bonchev–Trinajstić information content (AvgIpc) is 2.87. The van der Waals surface area contributed by atoms with Crippen molar-refractivity contribution >= 4 is 39.3 Å². The van der Waals surface area contributed by atoms with Gasteiger partial charge >= 0.3 is 0 Å². The first-order valence-electron chi connectivity index (χ1n) is 5.84. The van der Waals surface area contributed by atoms with Crippen LogP contribution in [0.25, 0.3) is 11.2 Å². The maximum absolute atomic E-state index is 11.5. The molecule has 0 aliphatic rings. The van der Waals surface area contributed by atoms with E-state index in [1.807, 2.05) is 0 Å². The molecule has 0 aliphatic heterocycles. The van der Waals surface area contributed by atoms with E-state index in [1.165, 1.54) is 12.5 Å². The summed E-state index contributed by atoms with van der Waals surface area (Å²) in [4.78, 5) is 24.7. The topological polar surface area (TPSA) is 119 Å². The van der Waals surface area contributed by atoms with Crippen LogP contribution in [0.3, 0.4) is 0 Å². The Morgan fingerprint density at radius 2 is 2.29 bits per heavy atom. The van der Waals surface area contributed by atoms with Gasteiger partial charge in [-0.05, 0) is 18.2 Å². The number of aromatic amines is 2. The zero-order valence-electron chi connectivity index (χ0n) is 10.5. The molecule has 0 saturated heterocycles. The molecule has 0 spiro atoms. The number of rotatable bonds is 3. The van der Waals surface area contributed by atoms with Crippen LogP contribution in [0.5, 0.6) is 5.75 Å². The highest BCUT2D eigenvalue weighted by molar-refractivity contribution is 9.10. The Kier molecular flexibility index (Phi) is 3.40. The molecule has 106 valence electrons. The third-order valence-corrected chi connectivity index (χ3v) is 3.15. The number of fused-ring (bicyclic) bond motifs is 1. The van der Waals surface area contributed by atoms with Crippen molar-refractivity contribution in [3.05, 3.63) is 44.9 Å². The highest BCUT2D eigenvalue weighted by atomic mass is 79.9. The largest absolute Gasteiger partial charge is 0.507 e. The van der Waals surface area contributed by atoms with E-state index in [2.05, 4.69) is 46.4 Å². The summed E-state index contributed by atoms with van der Waals surface area (Å²) in [5, 5.41) is 13.6. The number of hydrogen-bond acceptors (Lipinski definition) is 6. The number of halogens is 1. The van der Waals surface area contributed by atoms with E-state index in [0.717, 1.165) is 4.47 Å². The molecule has 0 atom stereocenters. The van der Waals surface area contributed by atoms with Crippen LogP contribution in [-0.2, 0) is 0 Å². The third kappa shape index (κ3) is 2.77. The van der Waals surface area contributed by atoms with Crippen LogP contribution in [0.2, 0.25) is 0 Å². The number of benzene rings is 1. The number of aromatic nitrogens is 4. The predicted octanol–water partition coefficient (Wildman–Crippen LogP) is 1.56. The van der Waals surface area contributed by atoms with Crippen molar-refractivity contribution in [2.45, 2.75) is 0 Å². The Morgan fingerprint density at radius 3 is 3.10 bits per heavy atom. The molecule has 0 aliphatic carbocycles. The van der Waals surface area contributed by atoms with Crippen LogP contribution in [0, 0.1) is 0 Å². The number of hydrazone groups is 1. The van der Waals surface area contributed by atoms with Crippen molar-refractivity contribution in [1.82, 2.24) is 19.9 Å². The predicted molar refractivity (Wildman–Crippen MR) is 81.5 cm³/mol. The van der Waals surface area contributed by atoms with Gasteiger partial charge in [0.05, 0.1) is 12.5 Å². The van der Waals surface area contributed by atoms with Crippen LogP contribution in [0.15, 0.2) is 38.9 Å². The molecule has 0 amide bonds. The lowest BCUT2D eigenvalue weighted by Crippen LogP contribution is -2.05. The molecule has 0 saturated carbocycles. The molecule has 21 heavy (non-hydrogen) atoms. The second kappa shape index (κ2) is 5.37. The zero-order chi connectivity index (χ0) is 14.8. The number of anilines is 1. The second-order valence-corrected chi connectivity index (χ2v) is 5.00. The van der Waals surface area contributed by atoms with Gasteiger partial charge in [0.2, 0.25) is 5.95 Å². The fourth-order valence-corrected chi connectivity index (χ4v) is 2.06. The monoisotopic (exact) mass is 348 g/mol. The molecule has 2 aromatic heterocycles. The molecule has 0 bridgehead atoms. The molecular formula is C12H9BrN6O2. The maximum Gasteiger partial charge on any atom is 0.276 e. The van der Waals surface area contributed by atoms with Gasteiger partial charge in [-0.2, -0.15) is 10.1 Å². The molecule has 9 heteroatoms. The average molecular weight is 349 g/mol. The number of phenols is 1. The number of aromatic hydroxyl groups is 1. The van der Waals surface area contributed by atoms with E-state index in [-0.39, 0.29) is 22.8 Å². The molecule has 1 aromatic carbocycles. The Balaban J connectivity index is 1.83. The van der Waals surface area contributed by atoms with E-state index in [0.29, 0.717) is 11.2 Å². The van der Waals surface area contributed by atoms with Gasteiger partial charge in [-0.3, -0.25) is 4.79 Å². The van der Waals surface area contributed by atoms with Crippen molar-refractivity contribution in [1.29, 1.82) is 0 Å². The van der Waals surface area contributed by atoms with Crippen molar-refractivity contribution in [3.63, 3.8) is 0 Å². The minimum Gasteiger partial charge on any atom is -0.507 e. The number of imidazole rings is 1. The first-order chi connectivity index (χ1) is 10.1. The van der Waals surface area contributed by atoms with Gasteiger partial charge in [0.1, 0.15) is 5.75 Å². The minimum absolute atomic E-state index is 0.103. The van der Waals surface area contributed by atoms with Crippen molar-refractivity contribution < 1.29 is 5.11 Å². The van der Waals surface area contributed by atoms with Gasteiger partial charge in [-0.25, -0.2) is 10.4 Å². The van der Waals surface area contributed by atoms with Crippen molar-refractivity contribution in [2.75, 3.05) is 5.43 Å². The Bertz CT molecular complexity index is 885. The fourth-order valence-electron chi connectivity index (χ4n) is 1.68. The molecule has 8 nitrogen and oxygen atoms in total. The normalized spacial score (nSPS) is 11.3. The second-order valence-electron chi connectivity index (χ2n) is 4.09. The van der Waals surface area contributed by atoms with E-state index in [4.69, 9.17) is 0 Å². The molecule has 0 radical (unpaired) electrons. The van der Waals surface area contributed by atoms with Crippen LogP contribution in [-0.4, -0.2) is 31.3 Å².